The van der Waals surface area contributed by atoms with Crippen molar-refractivity contribution in [1.82, 2.24) is 0 Å². The second-order valence-corrected chi connectivity index (χ2v) is 7.95. The molecule has 0 saturated carbocycles. The lowest BCUT2D eigenvalue weighted by molar-refractivity contribution is 0.384. The zero-order valence-corrected chi connectivity index (χ0v) is 11.8. The van der Waals surface area contributed by atoms with Gasteiger partial charge in [0.05, 0.1) is 0 Å². The Morgan fingerprint density at radius 2 is 1.65 bits per heavy atom. The smallest absolute Gasteiger partial charge is 0.134 e. The number of rotatable bonds is 1. The van der Waals surface area contributed by atoms with Crippen LogP contribution in [0, 0.1) is 0 Å². The minimum atomic E-state index is -0.264. The van der Waals surface area contributed by atoms with E-state index < -0.39 is 0 Å². The Hall–Kier alpha value is -1.07. The molecule has 1 unspecified atom stereocenters. The topological polar surface area (TPSA) is 9.23 Å². The summed E-state index contributed by atoms with van der Waals surface area (Å²) >= 11 is 0. The van der Waals surface area contributed by atoms with E-state index in [1.807, 2.05) is 25.1 Å². The first-order valence-corrected chi connectivity index (χ1v) is 7.37. The van der Waals surface area contributed by atoms with Gasteiger partial charge in [-0.05, 0) is 31.6 Å². The van der Waals surface area contributed by atoms with E-state index in [4.69, 9.17) is 4.74 Å². The van der Waals surface area contributed by atoms with Gasteiger partial charge < -0.3 is 4.74 Å². The molecule has 0 aromatic heterocycles. The summed E-state index contributed by atoms with van der Waals surface area (Å²) in [5.74, 6) is 6.58. The van der Waals surface area contributed by atoms with Gasteiger partial charge in [-0.2, -0.15) is 0 Å². The van der Waals surface area contributed by atoms with Crippen molar-refractivity contribution in [3.8, 4) is 0 Å². The van der Waals surface area contributed by atoms with Crippen LogP contribution >= 0.6 is 7.92 Å². The molecule has 0 radical (unpaired) electrons. The third-order valence-corrected chi connectivity index (χ3v) is 5.38. The SMILES string of the molecule is CC1=CP(C(C)(C)C)C=C(c2ccccc2)O1. The minimum Gasteiger partial charge on any atom is -0.461 e. The number of ether oxygens (including phenoxy) is 1. The Bertz CT molecular complexity index is 452. The van der Waals surface area contributed by atoms with Crippen molar-refractivity contribution in [2.75, 3.05) is 0 Å². The van der Waals surface area contributed by atoms with Gasteiger partial charge in [0.15, 0.2) is 0 Å². The monoisotopic (exact) mass is 246 g/mol. The zero-order valence-electron chi connectivity index (χ0n) is 10.9. The van der Waals surface area contributed by atoms with Crippen LogP contribution in [0.15, 0.2) is 47.7 Å². The average molecular weight is 246 g/mol. The summed E-state index contributed by atoms with van der Waals surface area (Å²) < 4.78 is 5.84. The van der Waals surface area contributed by atoms with Gasteiger partial charge in [-0.3, -0.25) is 0 Å². The predicted octanol–water partition coefficient (Wildman–Crippen LogP) is 5.16. The summed E-state index contributed by atoms with van der Waals surface area (Å²) in [6.07, 6.45) is 0. The van der Waals surface area contributed by atoms with Crippen LogP contribution < -0.4 is 0 Å². The van der Waals surface area contributed by atoms with Crippen molar-refractivity contribution < 1.29 is 4.74 Å². The molecule has 0 saturated heterocycles. The van der Waals surface area contributed by atoms with Gasteiger partial charge in [-0.25, -0.2) is 0 Å². The van der Waals surface area contributed by atoms with Gasteiger partial charge in [-0.15, -0.1) is 0 Å². The van der Waals surface area contributed by atoms with E-state index in [9.17, 15) is 0 Å². The Kier molecular flexibility index (Phi) is 3.40. The molecule has 0 bridgehead atoms. The van der Waals surface area contributed by atoms with Crippen molar-refractivity contribution in [2.24, 2.45) is 0 Å². The molecule has 0 aliphatic carbocycles. The third kappa shape index (κ3) is 2.98. The van der Waals surface area contributed by atoms with Gasteiger partial charge in [0.2, 0.25) is 0 Å². The lowest BCUT2D eigenvalue weighted by atomic mass is 10.2. The van der Waals surface area contributed by atoms with Gasteiger partial charge in [0.1, 0.15) is 11.5 Å². The molecule has 1 aromatic rings. The van der Waals surface area contributed by atoms with Gasteiger partial charge in [0.25, 0.3) is 0 Å². The Balaban J connectivity index is 2.34. The van der Waals surface area contributed by atoms with Crippen LogP contribution in [0.5, 0.6) is 0 Å². The molecule has 0 fully saturated rings. The van der Waals surface area contributed by atoms with E-state index in [1.54, 1.807) is 0 Å². The fourth-order valence-electron chi connectivity index (χ4n) is 1.71. The summed E-state index contributed by atoms with van der Waals surface area (Å²) in [6.45, 7) is 8.89. The average Bonchev–Trinajstić information content (AvgIpc) is 2.28. The highest BCUT2D eigenvalue weighted by Gasteiger charge is 2.25. The van der Waals surface area contributed by atoms with Crippen molar-refractivity contribution >= 4 is 13.7 Å². The van der Waals surface area contributed by atoms with E-state index in [0.29, 0.717) is 5.16 Å². The third-order valence-electron chi connectivity index (χ3n) is 2.68. The zero-order chi connectivity index (χ0) is 12.5. The highest BCUT2D eigenvalue weighted by Crippen LogP contribution is 2.56. The number of benzene rings is 1. The maximum atomic E-state index is 5.84. The summed E-state index contributed by atoms with van der Waals surface area (Å²) in [5, 5.41) is 0.292. The molecular weight excluding hydrogens is 227 g/mol. The standard InChI is InChI=1S/C15H19OP/c1-12-10-17(15(2,3)4)11-14(16-12)13-8-6-5-7-9-13/h5-11H,1-4H3. The Labute approximate surface area is 105 Å². The maximum Gasteiger partial charge on any atom is 0.134 e. The van der Waals surface area contributed by atoms with E-state index in [-0.39, 0.29) is 7.92 Å². The van der Waals surface area contributed by atoms with Gasteiger partial charge in [-0.1, -0.05) is 51.1 Å². The highest BCUT2D eigenvalue weighted by molar-refractivity contribution is 7.65. The second-order valence-electron chi connectivity index (χ2n) is 5.28. The van der Waals surface area contributed by atoms with Crippen LogP contribution in [0.4, 0.5) is 0 Å². The molecule has 1 aromatic carbocycles. The largest absolute Gasteiger partial charge is 0.461 e. The molecule has 1 aliphatic heterocycles. The maximum absolute atomic E-state index is 5.84. The molecule has 1 heterocycles. The summed E-state index contributed by atoms with van der Waals surface area (Å²) in [6, 6.07) is 10.3. The first-order chi connectivity index (χ1) is 7.97. The Morgan fingerprint density at radius 1 is 1.00 bits per heavy atom. The number of hydrogen-bond donors (Lipinski definition) is 0. The lowest BCUT2D eigenvalue weighted by Crippen LogP contribution is -2.11. The fraction of sp³-hybridized carbons (Fsp3) is 0.333. The first-order valence-electron chi connectivity index (χ1n) is 5.89. The number of allylic oxidation sites excluding steroid dienone is 1. The molecule has 1 nitrogen and oxygen atoms in total. The lowest BCUT2D eigenvalue weighted by Gasteiger charge is -2.30. The van der Waals surface area contributed by atoms with E-state index in [2.05, 4.69) is 44.5 Å². The summed E-state index contributed by atoms with van der Waals surface area (Å²) in [4.78, 5) is 0. The number of hydrogen-bond acceptors (Lipinski definition) is 1. The molecule has 2 rings (SSSR count). The van der Waals surface area contributed by atoms with E-state index >= 15 is 0 Å². The minimum absolute atomic E-state index is 0.264. The quantitative estimate of drug-likeness (QED) is 0.622. The van der Waals surface area contributed by atoms with Crippen molar-refractivity contribution in [1.29, 1.82) is 0 Å². The fourth-order valence-corrected chi connectivity index (χ4v) is 3.46. The highest BCUT2D eigenvalue weighted by atomic mass is 31.1. The van der Waals surface area contributed by atoms with Crippen molar-refractivity contribution in [3.05, 3.63) is 53.3 Å². The molecule has 0 amide bonds. The molecule has 0 spiro atoms. The summed E-state index contributed by atoms with van der Waals surface area (Å²) in [7, 11) is -0.264. The summed E-state index contributed by atoms with van der Waals surface area (Å²) in [5.41, 5.74) is 1.16. The van der Waals surface area contributed by atoms with Crippen LogP contribution in [-0.2, 0) is 4.74 Å². The Morgan fingerprint density at radius 3 is 2.24 bits per heavy atom. The first kappa shape index (κ1) is 12.4. The molecule has 0 N–H and O–H groups in total. The molecule has 17 heavy (non-hydrogen) atoms. The van der Waals surface area contributed by atoms with Crippen molar-refractivity contribution in [3.63, 3.8) is 0 Å². The molecule has 2 heteroatoms. The van der Waals surface area contributed by atoms with E-state index in [0.717, 1.165) is 17.1 Å². The van der Waals surface area contributed by atoms with E-state index in [1.165, 1.54) is 0 Å². The van der Waals surface area contributed by atoms with Crippen LogP contribution in [-0.4, -0.2) is 5.16 Å². The molecule has 90 valence electrons. The van der Waals surface area contributed by atoms with Gasteiger partial charge >= 0.3 is 0 Å². The van der Waals surface area contributed by atoms with Crippen LogP contribution in [0.25, 0.3) is 5.76 Å². The normalized spacial score (nSPS) is 20.4. The van der Waals surface area contributed by atoms with Crippen LogP contribution in [0.1, 0.15) is 33.3 Å². The second kappa shape index (κ2) is 4.66. The molecule has 1 atom stereocenters. The van der Waals surface area contributed by atoms with Crippen LogP contribution in [0.2, 0.25) is 0 Å². The molecular formula is C15H19OP. The van der Waals surface area contributed by atoms with Crippen molar-refractivity contribution in [2.45, 2.75) is 32.9 Å². The van der Waals surface area contributed by atoms with Gasteiger partial charge in [0, 0.05) is 5.56 Å². The molecule has 1 aliphatic rings. The van der Waals surface area contributed by atoms with Crippen LogP contribution in [0.3, 0.4) is 0 Å². The predicted molar refractivity (Wildman–Crippen MR) is 75.9 cm³/mol.